The lowest BCUT2D eigenvalue weighted by atomic mass is 9.92. The monoisotopic (exact) mass is 511 g/mol. The van der Waals surface area contributed by atoms with Gasteiger partial charge in [0.05, 0.1) is 5.69 Å². The number of hydrogen-bond donors (Lipinski definition) is 0. The van der Waals surface area contributed by atoms with Gasteiger partial charge in [0.25, 0.3) is 0 Å². The van der Waals surface area contributed by atoms with Crippen molar-refractivity contribution in [3.05, 3.63) is 53.1 Å². The summed E-state index contributed by atoms with van der Waals surface area (Å²) in [6.45, 7) is 14.6. The summed E-state index contributed by atoms with van der Waals surface area (Å²) >= 11 is 0. The molecular formula is C29H41N3O5. The van der Waals surface area contributed by atoms with E-state index in [0.717, 1.165) is 24.8 Å². The summed E-state index contributed by atoms with van der Waals surface area (Å²) in [4.78, 5) is 36.4. The smallest absolute Gasteiger partial charge is 0.410 e. The zero-order chi connectivity index (χ0) is 27.2. The van der Waals surface area contributed by atoms with Crippen LogP contribution in [0.25, 0.3) is 0 Å². The van der Waals surface area contributed by atoms with E-state index in [-0.39, 0.29) is 11.8 Å². The number of ether oxygens (including phenoxy) is 3. The van der Waals surface area contributed by atoms with Gasteiger partial charge in [0.2, 0.25) is 0 Å². The Morgan fingerprint density at radius 3 is 2.16 bits per heavy atom. The molecule has 1 aliphatic heterocycles. The van der Waals surface area contributed by atoms with Crippen LogP contribution in [0.15, 0.2) is 30.3 Å². The first-order chi connectivity index (χ1) is 17.3. The summed E-state index contributed by atoms with van der Waals surface area (Å²) in [6.07, 6.45) is 3.05. The Balaban J connectivity index is 1.67. The first-order valence-corrected chi connectivity index (χ1v) is 13.1. The molecule has 0 spiro atoms. The maximum Gasteiger partial charge on any atom is 0.410 e. The normalized spacial score (nSPS) is 14.8. The lowest BCUT2D eigenvalue weighted by molar-refractivity contribution is 0.00566. The molecule has 2 aromatic rings. The third-order valence-corrected chi connectivity index (χ3v) is 5.94. The molecule has 2 heterocycles. The summed E-state index contributed by atoms with van der Waals surface area (Å²) in [7, 11) is 0. The van der Waals surface area contributed by atoms with Crippen molar-refractivity contribution in [1.29, 1.82) is 0 Å². The summed E-state index contributed by atoms with van der Waals surface area (Å²) in [5, 5.41) is 0. The third-order valence-electron chi connectivity index (χ3n) is 5.94. The van der Waals surface area contributed by atoms with Crippen molar-refractivity contribution in [2.45, 2.75) is 92.0 Å². The summed E-state index contributed by atoms with van der Waals surface area (Å²) in [6, 6.07) is 9.76. The van der Waals surface area contributed by atoms with Crippen molar-refractivity contribution in [1.82, 2.24) is 14.9 Å². The molecule has 1 saturated heterocycles. The van der Waals surface area contributed by atoms with Crippen LogP contribution in [0.4, 0.5) is 4.79 Å². The fourth-order valence-electron chi connectivity index (χ4n) is 4.16. The molecule has 1 fully saturated rings. The van der Waals surface area contributed by atoms with Crippen LogP contribution in [0.5, 0.6) is 5.75 Å². The number of rotatable bonds is 7. The average Bonchev–Trinajstić information content (AvgIpc) is 2.80. The second kappa shape index (κ2) is 11.9. The Kier molecular flexibility index (Phi) is 9.16. The first-order valence-electron chi connectivity index (χ1n) is 13.1. The second-order valence-electron chi connectivity index (χ2n) is 11.6. The fourth-order valence-corrected chi connectivity index (χ4v) is 4.16. The minimum Gasteiger partial charge on any atom is -0.484 e. The van der Waals surface area contributed by atoms with Crippen LogP contribution >= 0.6 is 0 Å². The van der Waals surface area contributed by atoms with Crippen LogP contribution in [-0.4, -0.2) is 51.2 Å². The highest BCUT2D eigenvalue weighted by atomic mass is 16.6. The van der Waals surface area contributed by atoms with Gasteiger partial charge in [0, 0.05) is 19.5 Å². The predicted octanol–water partition coefficient (Wildman–Crippen LogP) is 5.90. The maximum absolute atomic E-state index is 13.1. The molecule has 1 aromatic heterocycles. The van der Waals surface area contributed by atoms with Crippen molar-refractivity contribution in [2.75, 3.05) is 13.1 Å². The Bertz CT molecular complexity index is 1070. The van der Waals surface area contributed by atoms with E-state index < -0.39 is 17.2 Å². The molecule has 202 valence electrons. The molecule has 3 rings (SSSR count). The van der Waals surface area contributed by atoms with E-state index in [1.165, 1.54) is 0 Å². The fraction of sp³-hybridized carbons (Fsp3) is 0.586. The molecule has 8 nitrogen and oxygen atoms in total. The molecule has 0 N–H and O–H groups in total. The van der Waals surface area contributed by atoms with Gasteiger partial charge in [0.15, 0.2) is 11.4 Å². The van der Waals surface area contributed by atoms with E-state index in [1.807, 2.05) is 78.8 Å². The zero-order valence-corrected chi connectivity index (χ0v) is 23.3. The molecule has 1 aromatic carbocycles. The molecule has 8 heteroatoms. The molecule has 1 amide bonds. The van der Waals surface area contributed by atoms with E-state index in [2.05, 4.69) is 9.97 Å². The number of nitrogens with zero attached hydrogens (tertiary/aromatic N) is 3. The summed E-state index contributed by atoms with van der Waals surface area (Å²) in [5.41, 5.74) is 0.606. The second-order valence-corrected chi connectivity index (χ2v) is 11.6. The minimum atomic E-state index is -0.658. The van der Waals surface area contributed by atoms with E-state index >= 15 is 0 Å². The highest BCUT2D eigenvalue weighted by Gasteiger charge is 2.28. The van der Waals surface area contributed by atoms with Crippen LogP contribution in [0.3, 0.4) is 0 Å². The maximum atomic E-state index is 13.1. The molecule has 0 saturated carbocycles. The first kappa shape index (κ1) is 28.4. The number of carbonyl (C=O) groups excluding carboxylic acids is 2. The number of esters is 1. The van der Waals surface area contributed by atoms with Gasteiger partial charge < -0.3 is 19.1 Å². The molecule has 1 aliphatic rings. The van der Waals surface area contributed by atoms with Gasteiger partial charge in [-0.3, -0.25) is 0 Å². The molecule has 0 radical (unpaired) electrons. The molecule has 37 heavy (non-hydrogen) atoms. The Morgan fingerprint density at radius 2 is 1.57 bits per heavy atom. The Morgan fingerprint density at radius 1 is 0.946 bits per heavy atom. The zero-order valence-electron chi connectivity index (χ0n) is 23.3. The number of aryl methyl sites for hydroxylation is 2. The van der Waals surface area contributed by atoms with Crippen molar-refractivity contribution >= 4 is 12.1 Å². The lowest BCUT2D eigenvalue weighted by Gasteiger charge is -2.33. The number of aromatic nitrogens is 2. The van der Waals surface area contributed by atoms with Crippen LogP contribution in [-0.2, 0) is 22.5 Å². The quantitative estimate of drug-likeness (QED) is 0.428. The molecule has 0 aliphatic carbocycles. The number of piperidine rings is 1. The van der Waals surface area contributed by atoms with Crippen LogP contribution in [0.1, 0.15) is 88.4 Å². The van der Waals surface area contributed by atoms with Gasteiger partial charge in [-0.15, -0.1) is 0 Å². The highest BCUT2D eigenvalue weighted by molar-refractivity contribution is 5.90. The molecular weight excluding hydrogens is 470 g/mol. The van der Waals surface area contributed by atoms with E-state index in [0.29, 0.717) is 49.3 Å². The number of carbonyl (C=O) groups is 2. The van der Waals surface area contributed by atoms with Crippen LogP contribution in [0.2, 0.25) is 0 Å². The number of amides is 1. The predicted molar refractivity (Wildman–Crippen MR) is 142 cm³/mol. The Hall–Kier alpha value is -3.16. The number of hydrogen-bond acceptors (Lipinski definition) is 7. The average molecular weight is 512 g/mol. The van der Waals surface area contributed by atoms with Gasteiger partial charge in [-0.2, -0.15) is 0 Å². The molecule has 0 bridgehead atoms. The SMILES string of the molecule is Cc1nc(CCC2CCN(C(=O)OC(C)(C)C)CC2)nc(C(=O)OC(C)(C)C)c1OCc1ccccc1. The van der Waals surface area contributed by atoms with Crippen molar-refractivity contribution in [2.24, 2.45) is 5.92 Å². The molecule has 0 atom stereocenters. The van der Waals surface area contributed by atoms with Gasteiger partial charge in [0.1, 0.15) is 23.6 Å². The largest absolute Gasteiger partial charge is 0.484 e. The van der Waals surface area contributed by atoms with Gasteiger partial charge in [-0.1, -0.05) is 30.3 Å². The Labute approximate surface area is 220 Å². The van der Waals surface area contributed by atoms with Crippen molar-refractivity contribution in [3.8, 4) is 5.75 Å². The van der Waals surface area contributed by atoms with Gasteiger partial charge >= 0.3 is 12.1 Å². The highest BCUT2D eigenvalue weighted by Crippen LogP contribution is 2.27. The van der Waals surface area contributed by atoms with E-state index in [1.54, 1.807) is 4.90 Å². The lowest BCUT2D eigenvalue weighted by Crippen LogP contribution is -2.41. The van der Waals surface area contributed by atoms with E-state index in [9.17, 15) is 9.59 Å². The van der Waals surface area contributed by atoms with Crippen LogP contribution in [0, 0.1) is 12.8 Å². The summed E-state index contributed by atoms with van der Waals surface area (Å²) < 4.78 is 17.2. The molecule has 0 unspecified atom stereocenters. The summed E-state index contributed by atoms with van der Waals surface area (Å²) in [5.74, 6) is 0.877. The van der Waals surface area contributed by atoms with Gasteiger partial charge in [-0.25, -0.2) is 19.6 Å². The van der Waals surface area contributed by atoms with Crippen molar-refractivity contribution < 1.29 is 23.8 Å². The van der Waals surface area contributed by atoms with E-state index in [4.69, 9.17) is 14.2 Å². The topological polar surface area (TPSA) is 90.9 Å². The number of likely N-dealkylation sites (tertiary alicyclic amines) is 1. The van der Waals surface area contributed by atoms with Gasteiger partial charge in [-0.05, 0) is 79.2 Å². The third kappa shape index (κ3) is 9.02. The standard InChI is InChI=1S/C29H41N3O5/c1-20-25(35-19-22-11-9-8-10-12-22)24(26(33)36-28(2,3)4)31-23(30-20)14-13-21-15-17-32(18-16-21)27(34)37-29(5,6)7/h8-12,21H,13-19H2,1-7H3. The van der Waals surface area contributed by atoms with Crippen LogP contribution < -0.4 is 4.74 Å². The van der Waals surface area contributed by atoms with Crippen molar-refractivity contribution in [3.63, 3.8) is 0 Å². The minimum absolute atomic E-state index is 0.160. The number of benzene rings is 1.